The molecule has 1 N–H and O–H groups in total. The molecule has 1 aliphatic rings. The summed E-state index contributed by atoms with van der Waals surface area (Å²) in [5, 5.41) is 3.01. The van der Waals surface area contributed by atoms with Gasteiger partial charge in [0.1, 0.15) is 0 Å². The predicted octanol–water partition coefficient (Wildman–Crippen LogP) is 2.07. The van der Waals surface area contributed by atoms with Gasteiger partial charge in [0.05, 0.1) is 0 Å². The van der Waals surface area contributed by atoms with Gasteiger partial charge < -0.3 is 5.32 Å². The molecule has 0 aromatic heterocycles. The van der Waals surface area contributed by atoms with Crippen molar-refractivity contribution in [2.75, 3.05) is 0 Å². The Labute approximate surface area is 90.7 Å². The van der Waals surface area contributed by atoms with E-state index < -0.39 is 0 Å². The lowest BCUT2D eigenvalue weighted by Crippen LogP contribution is -2.27. The van der Waals surface area contributed by atoms with Crippen LogP contribution >= 0.6 is 0 Å². The fraction of sp³-hybridized carbons (Fsp3) is 0.462. The molecule has 1 unspecified atom stereocenters. The predicted molar refractivity (Wildman–Crippen MR) is 60.7 cm³/mol. The summed E-state index contributed by atoms with van der Waals surface area (Å²) in [6, 6.07) is 8.85. The quantitative estimate of drug-likeness (QED) is 0.800. The molecule has 0 radical (unpaired) electrons. The maximum Gasteiger partial charge on any atom is 0.220 e. The molecule has 1 heterocycles. The van der Waals surface area contributed by atoms with Crippen molar-refractivity contribution in [3.63, 3.8) is 0 Å². The van der Waals surface area contributed by atoms with Gasteiger partial charge in [0.25, 0.3) is 0 Å². The molecule has 1 fully saturated rings. The largest absolute Gasteiger partial charge is 0.353 e. The zero-order chi connectivity index (χ0) is 10.7. The fourth-order valence-corrected chi connectivity index (χ4v) is 2.20. The summed E-state index contributed by atoms with van der Waals surface area (Å²) in [4.78, 5) is 11.1. The van der Waals surface area contributed by atoms with Crippen LogP contribution in [0, 0.1) is 0 Å². The van der Waals surface area contributed by atoms with Gasteiger partial charge in [-0.25, -0.2) is 0 Å². The van der Waals surface area contributed by atoms with Crippen LogP contribution in [0.2, 0.25) is 0 Å². The molecule has 80 valence electrons. The normalized spacial score (nSPS) is 20.3. The molecule has 1 aromatic carbocycles. The monoisotopic (exact) mass is 203 g/mol. The third kappa shape index (κ3) is 2.38. The van der Waals surface area contributed by atoms with E-state index in [1.165, 1.54) is 11.1 Å². The van der Waals surface area contributed by atoms with Crippen LogP contribution in [0.3, 0.4) is 0 Å². The van der Waals surface area contributed by atoms with E-state index >= 15 is 0 Å². The summed E-state index contributed by atoms with van der Waals surface area (Å²) in [5.41, 5.74) is 2.78. The Morgan fingerprint density at radius 1 is 1.33 bits per heavy atom. The number of amides is 1. The van der Waals surface area contributed by atoms with E-state index in [0.29, 0.717) is 12.5 Å². The van der Waals surface area contributed by atoms with Crippen molar-refractivity contribution in [3.8, 4) is 0 Å². The van der Waals surface area contributed by atoms with Gasteiger partial charge in [-0.2, -0.15) is 0 Å². The van der Waals surface area contributed by atoms with Gasteiger partial charge in [0.2, 0.25) is 5.91 Å². The molecule has 0 aliphatic carbocycles. The molecule has 1 atom stereocenters. The van der Waals surface area contributed by atoms with E-state index in [9.17, 15) is 4.79 Å². The van der Waals surface area contributed by atoms with Crippen molar-refractivity contribution in [1.82, 2.24) is 5.32 Å². The van der Waals surface area contributed by atoms with Crippen molar-refractivity contribution in [2.24, 2.45) is 0 Å². The molecule has 1 aliphatic heterocycles. The highest BCUT2D eigenvalue weighted by molar-refractivity contribution is 5.78. The van der Waals surface area contributed by atoms with Crippen molar-refractivity contribution in [2.45, 2.75) is 38.6 Å². The van der Waals surface area contributed by atoms with Gasteiger partial charge in [0, 0.05) is 12.5 Å². The molecule has 1 aromatic rings. The number of carbonyl (C=O) groups is 1. The van der Waals surface area contributed by atoms with Crippen LogP contribution in [0.25, 0.3) is 0 Å². The number of rotatable bonds is 3. The van der Waals surface area contributed by atoms with Gasteiger partial charge in [-0.3, -0.25) is 4.79 Å². The second-order valence-electron chi connectivity index (χ2n) is 4.13. The van der Waals surface area contributed by atoms with E-state index in [4.69, 9.17) is 0 Å². The molecule has 0 bridgehead atoms. The second kappa shape index (κ2) is 4.47. The number of nitrogens with one attached hydrogen (secondary N) is 1. The Balaban J connectivity index is 2.07. The van der Waals surface area contributed by atoms with Crippen LogP contribution < -0.4 is 5.32 Å². The number of hydrogen-bond donors (Lipinski definition) is 1. The summed E-state index contributed by atoms with van der Waals surface area (Å²) < 4.78 is 0. The average molecular weight is 203 g/mol. The molecule has 15 heavy (non-hydrogen) atoms. The van der Waals surface area contributed by atoms with Crippen molar-refractivity contribution in [1.29, 1.82) is 0 Å². The van der Waals surface area contributed by atoms with E-state index in [1.807, 2.05) is 0 Å². The smallest absolute Gasteiger partial charge is 0.220 e. The topological polar surface area (TPSA) is 29.1 Å². The minimum Gasteiger partial charge on any atom is -0.353 e. The van der Waals surface area contributed by atoms with Crippen molar-refractivity contribution in [3.05, 3.63) is 35.4 Å². The van der Waals surface area contributed by atoms with Gasteiger partial charge in [-0.1, -0.05) is 31.2 Å². The van der Waals surface area contributed by atoms with E-state index in [0.717, 1.165) is 19.3 Å². The summed E-state index contributed by atoms with van der Waals surface area (Å²) >= 11 is 0. The number of carbonyl (C=O) groups excluding carboxylic acids is 1. The lowest BCUT2D eigenvalue weighted by Gasteiger charge is -2.12. The SMILES string of the molecule is CCc1ccccc1CC1CCC(=O)N1. The van der Waals surface area contributed by atoms with Gasteiger partial charge >= 0.3 is 0 Å². The molecule has 2 rings (SSSR count). The molecule has 1 saturated heterocycles. The molecule has 2 heteroatoms. The average Bonchev–Trinajstić information content (AvgIpc) is 2.65. The fourth-order valence-electron chi connectivity index (χ4n) is 2.20. The summed E-state index contributed by atoms with van der Waals surface area (Å²) in [7, 11) is 0. The number of hydrogen-bond acceptors (Lipinski definition) is 1. The first-order chi connectivity index (χ1) is 7.29. The van der Waals surface area contributed by atoms with Crippen LogP contribution in [-0.4, -0.2) is 11.9 Å². The Bertz CT molecular complexity index is 359. The maximum atomic E-state index is 11.1. The Morgan fingerprint density at radius 3 is 2.67 bits per heavy atom. The third-order valence-electron chi connectivity index (χ3n) is 3.05. The van der Waals surface area contributed by atoms with E-state index in [-0.39, 0.29) is 5.91 Å². The third-order valence-corrected chi connectivity index (χ3v) is 3.05. The van der Waals surface area contributed by atoms with Crippen LogP contribution in [-0.2, 0) is 17.6 Å². The van der Waals surface area contributed by atoms with Crippen molar-refractivity contribution >= 4 is 5.91 Å². The minimum atomic E-state index is 0.203. The summed E-state index contributed by atoms with van der Waals surface area (Å²) in [5.74, 6) is 0.203. The van der Waals surface area contributed by atoms with Crippen molar-refractivity contribution < 1.29 is 4.79 Å². The molecule has 0 saturated carbocycles. The summed E-state index contributed by atoms with van der Waals surface area (Å²) in [6.07, 6.45) is 3.72. The lowest BCUT2D eigenvalue weighted by atomic mass is 9.98. The molecular formula is C13H17NO. The number of aryl methyl sites for hydroxylation is 1. The van der Waals surface area contributed by atoms with Crippen LogP contribution in [0.4, 0.5) is 0 Å². The Hall–Kier alpha value is -1.31. The maximum absolute atomic E-state index is 11.1. The first-order valence-corrected chi connectivity index (χ1v) is 5.65. The van der Waals surface area contributed by atoms with Crippen LogP contribution in [0.5, 0.6) is 0 Å². The van der Waals surface area contributed by atoms with Gasteiger partial charge in [0.15, 0.2) is 0 Å². The van der Waals surface area contributed by atoms with Crippen LogP contribution in [0.15, 0.2) is 24.3 Å². The van der Waals surface area contributed by atoms with Gasteiger partial charge in [-0.05, 0) is 30.4 Å². The second-order valence-corrected chi connectivity index (χ2v) is 4.13. The first-order valence-electron chi connectivity index (χ1n) is 5.65. The standard InChI is InChI=1S/C13H17NO/c1-2-10-5-3-4-6-11(10)9-12-7-8-13(15)14-12/h3-6,12H,2,7-9H2,1H3,(H,14,15). The number of benzene rings is 1. The zero-order valence-electron chi connectivity index (χ0n) is 9.12. The first kappa shape index (κ1) is 10.2. The molecule has 1 amide bonds. The molecule has 2 nitrogen and oxygen atoms in total. The van der Waals surface area contributed by atoms with Gasteiger partial charge in [-0.15, -0.1) is 0 Å². The molecular weight excluding hydrogens is 186 g/mol. The highest BCUT2D eigenvalue weighted by Gasteiger charge is 2.21. The Morgan fingerprint density at radius 2 is 2.07 bits per heavy atom. The van der Waals surface area contributed by atoms with E-state index in [2.05, 4.69) is 36.5 Å². The minimum absolute atomic E-state index is 0.203. The zero-order valence-corrected chi connectivity index (χ0v) is 9.12. The van der Waals surface area contributed by atoms with Crippen LogP contribution in [0.1, 0.15) is 30.9 Å². The summed E-state index contributed by atoms with van der Waals surface area (Å²) in [6.45, 7) is 2.17. The molecule has 0 spiro atoms. The highest BCUT2D eigenvalue weighted by Crippen LogP contribution is 2.16. The lowest BCUT2D eigenvalue weighted by molar-refractivity contribution is -0.119. The Kier molecular flexibility index (Phi) is 3.05. The highest BCUT2D eigenvalue weighted by atomic mass is 16.1. The van der Waals surface area contributed by atoms with E-state index in [1.54, 1.807) is 0 Å².